The van der Waals surface area contributed by atoms with Gasteiger partial charge < -0.3 is 10.6 Å². The molecule has 0 fully saturated rings. The number of hydrogen-bond donors (Lipinski definition) is 2. The highest BCUT2D eigenvalue weighted by molar-refractivity contribution is 5.95. The Balaban J connectivity index is 2.24. The lowest BCUT2D eigenvalue weighted by atomic mass is 10.1. The zero-order valence-electron chi connectivity index (χ0n) is 13.0. The van der Waals surface area contributed by atoms with E-state index in [0.29, 0.717) is 12.1 Å². The molecule has 114 valence electrons. The van der Waals surface area contributed by atoms with Crippen LogP contribution in [-0.4, -0.2) is 17.4 Å². The van der Waals surface area contributed by atoms with Gasteiger partial charge in [0, 0.05) is 18.4 Å². The summed E-state index contributed by atoms with van der Waals surface area (Å²) in [6.45, 7) is 8.21. The Morgan fingerprint density at radius 2 is 2.18 bits per heavy atom. The van der Waals surface area contributed by atoms with Gasteiger partial charge >= 0.3 is 0 Å². The van der Waals surface area contributed by atoms with Crippen LogP contribution in [0.25, 0.3) is 0 Å². The number of nitrogens with zero attached hydrogens (tertiary/aromatic N) is 1. The predicted molar refractivity (Wildman–Crippen MR) is 90.6 cm³/mol. The SMILES string of the molecule is C=CCNC(=O)c1cncc(Nc2c(C)cccc2CC)c1. The Kier molecular flexibility index (Phi) is 5.31. The Labute approximate surface area is 131 Å². The van der Waals surface area contributed by atoms with Crippen LogP contribution in [-0.2, 0) is 6.42 Å². The second kappa shape index (κ2) is 7.41. The van der Waals surface area contributed by atoms with E-state index in [1.165, 1.54) is 11.1 Å². The maximum atomic E-state index is 12.0. The van der Waals surface area contributed by atoms with E-state index >= 15 is 0 Å². The van der Waals surface area contributed by atoms with E-state index in [9.17, 15) is 4.79 Å². The Morgan fingerprint density at radius 3 is 2.91 bits per heavy atom. The number of nitrogens with one attached hydrogen (secondary N) is 2. The maximum Gasteiger partial charge on any atom is 0.253 e. The third-order valence-electron chi connectivity index (χ3n) is 3.42. The molecule has 1 aromatic carbocycles. The number of carbonyl (C=O) groups is 1. The molecule has 0 bridgehead atoms. The van der Waals surface area contributed by atoms with Crippen molar-refractivity contribution < 1.29 is 4.79 Å². The fraction of sp³-hybridized carbons (Fsp3) is 0.222. The lowest BCUT2D eigenvalue weighted by Gasteiger charge is -2.14. The molecular formula is C18H21N3O. The Hall–Kier alpha value is -2.62. The summed E-state index contributed by atoms with van der Waals surface area (Å²) in [5.41, 5.74) is 4.81. The molecule has 2 aromatic rings. The van der Waals surface area contributed by atoms with Gasteiger partial charge in [0.25, 0.3) is 5.91 Å². The summed E-state index contributed by atoms with van der Waals surface area (Å²) < 4.78 is 0. The Bertz CT molecular complexity index is 680. The molecule has 0 atom stereocenters. The van der Waals surface area contributed by atoms with E-state index in [2.05, 4.69) is 54.2 Å². The van der Waals surface area contributed by atoms with E-state index in [0.717, 1.165) is 17.8 Å². The zero-order valence-corrected chi connectivity index (χ0v) is 13.0. The van der Waals surface area contributed by atoms with Crippen LogP contribution in [0.5, 0.6) is 0 Å². The van der Waals surface area contributed by atoms with Crippen LogP contribution in [0.2, 0.25) is 0 Å². The summed E-state index contributed by atoms with van der Waals surface area (Å²) in [5, 5.41) is 6.13. The summed E-state index contributed by atoms with van der Waals surface area (Å²) >= 11 is 0. The molecule has 1 heterocycles. The van der Waals surface area contributed by atoms with Crippen LogP contribution >= 0.6 is 0 Å². The van der Waals surface area contributed by atoms with Crippen molar-refractivity contribution in [2.75, 3.05) is 11.9 Å². The van der Waals surface area contributed by atoms with Gasteiger partial charge in [-0.2, -0.15) is 0 Å². The first-order chi connectivity index (χ1) is 10.7. The predicted octanol–water partition coefficient (Wildman–Crippen LogP) is 3.61. The number of carbonyl (C=O) groups excluding carboxylic acids is 1. The largest absolute Gasteiger partial charge is 0.354 e. The van der Waals surface area contributed by atoms with Crippen LogP contribution in [0.3, 0.4) is 0 Å². The van der Waals surface area contributed by atoms with Crippen molar-refractivity contribution in [3.8, 4) is 0 Å². The van der Waals surface area contributed by atoms with Crippen molar-refractivity contribution in [2.24, 2.45) is 0 Å². The number of hydrogen-bond acceptors (Lipinski definition) is 3. The lowest BCUT2D eigenvalue weighted by Crippen LogP contribution is -2.23. The third-order valence-corrected chi connectivity index (χ3v) is 3.42. The molecule has 0 aliphatic heterocycles. The molecule has 1 amide bonds. The summed E-state index contributed by atoms with van der Waals surface area (Å²) in [5.74, 6) is -0.156. The van der Waals surface area contributed by atoms with Crippen LogP contribution in [0, 0.1) is 6.92 Å². The highest BCUT2D eigenvalue weighted by Gasteiger charge is 2.08. The van der Waals surface area contributed by atoms with Gasteiger partial charge in [-0.3, -0.25) is 9.78 Å². The molecule has 2 N–H and O–H groups in total. The zero-order chi connectivity index (χ0) is 15.9. The highest BCUT2D eigenvalue weighted by Crippen LogP contribution is 2.25. The van der Waals surface area contributed by atoms with Crippen LogP contribution in [0.1, 0.15) is 28.4 Å². The number of benzene rings is 1. The van der Waals surface area contributed by atoms with Gasteiger partial charge in [-0.15, -0.1) is 6.58 Å². The minimum Gasteiger partial charge on any atom is -0.354 e. The standard InChI is InChI=1S/C18H21N3O/c1-4-9-20-18(22)15-10-16(12-19-11-15)21-17-13(3)7-6-8-14(17)5-2/h4,6-8,10-12,21H,1,5,9H2,2-3H3,(H,20,22). The topological polar surface area (TPSA) is 54.0 Å². The monoisotopic (exact) mass is 295 g/mol. The van der Waals surface area contributed by atoms with Gasteiger partial charge in [0.15, 0.2) is 0 Å². The number of amides is 1. The second-order valence-corrected chi connectivity index (χ2v) is 5.05. The van der Waals surface area contributed by atoms with E-state index in [1.807, 2.05) is 0 Å². The molecule has 4 heteroatoms. The van der Waals surface area contributed by atoms with Gasteiger partial charge in [0.05, 0.1) is 17.4 Å². The van der Waals surface area contributed by atoms with E-state index in [-0.39, 0.29) is 5.91 Å². The first-order valence-electron chi connectivity index (χ1n) is 7.35. The van der Waals surface area contributed by atoms with Gasteiger partial charge in [-0.25, -0.2) is 0 Å². The van der Waals surface area contributed by atoms with Gasteiger partial charge in [-0.1, -0.05) is 31.2 Å². The van der Waals surface area contributed by atoms with E-state index < -0.39 is 0 Å². The molecule has 2 rings (SSSR count). The fourth-order valence-electron chi connectivity index (χ4n) is 2.25. The highest BCUT2D eigenvalue weighted by atomic mass is 16.1. The van der Waals surface area contributed by atoms with Crippen molar-refractivity contribution in [1.29, 1.82) is 0 Å². The van der Waals surface area contributed by atoms with Crippen molar-refractivity contribution in [3.63, 3.8) is 0 Å². The van der Waals surface area contributed by atoms with Crippen molar-refractivity contribution in [2.45, 2.75) is 20.3 Å². The third kappa shape index (κ3) is 3.73. The average molecular weight is 295 g/mol. The molecule has 4 nitrogen and oxygen atoms in total. The number of anilines is 2. The number of aryl methyl sites for hydroxylation is 2. The normalized spacial score (nSPS) is 10.1. The van der Waals surface area contributed by atoms with Gasteiger partial charge in [-0.05, 0) is 30.5 Å². The smallest absolute Gasteiger partial charge is 0.253 e. The maximum absolute atomic E-state index is 12.0. The summed E-state index contributed by atoms with van der Waals surface area (Å²) in [7, 11) is 0. The summed E-state index contributed by atoms with van der Waals surface area (Å²) in [4.78, 5) is 16.1. The average Bonchev–Trinajstić information content (AvgIpc) is 2.54. The number of pyridine rings is 1. The van der Waals surface area contributed by atoms with Crippen molar-refractivity contribution in [3.05, 3.63) is 66.0 Å². The van der Waals surface area contributed by atoms with Crippen LogP contribution in [0.4, 0.5) is 11.4 Å². The van der Waals surface area contributed by atoms with E-state index in [4.69, 9.17) is 0 Å². The summed E-state index contributed by atoms with van der Waals surface area (Å²) in [6.07, 6.45) is 5.86. The molecule has 0 unspecified atom stereocenters. The fourth-order valence-corrected chi connectivity index (χ4v) is 2.25. The Morgan fingerprint density at radius 1 is 1.36 bits per heavy atom. The van der Waals surface area contributed by atoms with Gasteiger partial charge in [0.2, 0.25) is 0 Å². The quantitative estimate of drug-likeness (QED) is 0.800. The number of para-hydroxylation sites is 1. The molecule has 0 spiro atoms. The first-order valence-corrected chi connectivity index (χ1v) is 7.35. The minimum atomic E-state index is -0.156. The summed E-state index contributed by atoms with van der Waals surface area (Å²) in [6, 6.07) is 8.02. The van der Waals surface area contributed by atoms with E-state index in [1.54, 1.807) is 24.5 Å². The molecule has 0 aliphatic carbocycles. The van der Waals surface area contributed by atoms with Crippen LogP contribution in [0.15, 0.2) is 49.3 Å². The molecule has 0 aliphatic rings. The second-order valence-electron chi connectivity index (χ2n) is 5.05. The molecule has 0 saturated heterocycles. The number of rotatable bonds is 6. The van der Waals surface area contributed by atoms with Gasteiger partial charge in [0.1, 0.15) is 0 Å². The van der Waals surface area contributed by atoms with Crippen molar-refractivity contribution in [1.82, 2.24) is 10.3 Å². The molecule has 1 aromatic heterocycles. The lowest BCUT2D eigenvalue weighted by molar-refractivity contribution is 0.0957. The molecular weight excluding hydrogens is 274 g/mol. The first kappa shape index (κ1) is 15.8. The van der Waals surface area contributed by atoms with Crippen molar-refractivity contribution >= 4 is 17.3 Å². The number of aromatic nitrogens is 1. The molecule has 22 heavy (non-hydrogen) atoms. The van der Waals surface area contributed by atoms with Crippen LogP contribution < -0.4 is 10.6 Å². The minimum absolute atomic E-state index is 0.156. The molecule has 0 radical (unpaired) electrons. The molecule has 0 saturated carbocycles.